The minimum Gasteiger partial charge on any atom is -0.378 e. The largest absolute Gasteiger partial charge is 0.378 e. The monoisotopic (exact) mass is 288 g/mol. The fraction of sp³-hybridized carbons (Fsp3) is 0.188. The lowest BCUT2D eigenvalue weighted by atomic mass is 10.1. The molecule has 0 aliphatic rings. The number of anilines is 1. The molecule has 0 spiro atoms. The maximum Gasteiger partial charge on any atom is 0.253 e. The van der Waals surface area contributed by atoms with Crippen LogP contribution >= 0.6 is 11.6 Å². The van der Waals surface area contributed by atoms with Gasteiger partial charge in [-0.25, -0.2) is 0 Å². The molecule has 0 bridgehead atoms. The summed E-state index contributed by atoms with van der Waals surface area (Å²) in [6.45, 7) is 0.484. The molecule has 2 aromatic carbocycles. The van der Waals surface area contributed by atoms with Crippen molar-refractivity contribution in [2.75, 3.05) is 19.0 Å². The van der Waals surface area contributed by atoms with Crippen molar-refractivity contribution in [3.63, 3.8) is 0 Å². The average molecular weight is 289 g/mol. The van der Waals surface area contributed by atoms with Crippen molar-refractivity contribution in [1.82, 2.24) is 5.32 Å². The summed E-state index contributed by atoms with van der Waals surface area (Å²) in [5, 5.41) is 3.33. The Balaban J connectivity index is 1.98. The Morgan fingerprint density at radius 1 is 1.10 bits per heavy atom. The van der Waals surface area contributed by atoms with Crippen molar-refractivity contribution < 1.29 is 4.79 Å². The SMILES string of the molecule is CN(C)c1ccc(CNC(=O)c2ccccc2Cl)cc1. The van der Waals surface area contributed by atoms with Crippen LogP contribution in [0.25, 0.3) is 0 Å². The molecule has 0 radical (unpaired) electrons. The molecule has 3 nitrogen and oxygen atoms in total. The Bertz CT molecular complexity index is 594. The molecule has 4 heteroatoms. The maximum atomic E-state index is 12.0. The summed E-state index contributed by atoms with van der Waals surface area (Å²) in [5.74, 6) is -0.160. The second-order valence-corrected chi connectivity index (χ2v) is 5.13. The Labute approximate surface area is 124 Å². The van der Waals surface area contributed by atoms with Crippen molar-refractivity contribution in [3.8, 4) is 0 Å². The first-order valence-corrected chi connectivity index (χ1v) is 6.74. The molecule has 0 aliphatic carbocycles. The number of nitrogens with zero attached hydrogens (tertiary/aromatic N) is 1. The molecular weight excluding hydrogens is 272 g/mol. The minimum absolute atomic E-state index is 0.160. The molecular formula is C16H17ClN2O. The van der Waals surface area contributed by atoms with E-state index in [-0.39, 0.29) is 5.91 Å². The summed E-state index contributed by atoms with van der Waals surface area (Å²) >= 11 is 5.99. The average Bonchev–Trinajstić information content (AvgIpc) is 2.45. The first-order chi connectivity index (χ1) is 9.58. The predicted octanol–water partition coefficient (Wildman–Crippen LogP) is 3.34. The van der Waals surface area contributed by atoms with Gasteiger partial charge in [0.05, 0.1) is 10.6 Å². The number of benzene rings is 2. The van der Waals surface area contributed by atoms with Crippen molar-refractivity contribution in [2.24, 2.45) is 0 Å². The van der Waals surface area contributed by atoms with Gasteiger partial charge in [0.25, 0.3) is 5.91 Å². The molecule has 0 fully saturated rings. The summed E-state index contributed by atoms with van der Waals surface area (Å²) in [4.78, 5) is 14.0. The highest BCUT2D eigenvalue weighted by Gasteiger charge is 2.08. The molecule has 0 unspecified atom stereocenters. The number of carbonyl (C=O) groups excluding carboxylic acids is 1. The highest BCUT2D eigenvalue weighted by Crippen LogP contribution is 2.15. The van der Waals surface area contributed by atoms with Crippen molar-refractivity contribution in [1.29, 1.82) is 0 Å². The number of carbonyl (C=O) groups is 1. The van der Waals surface area contributed by atoms with Gasteiger partial charge in [-0.1, -0.05) is 35.9 Å². The van der Waals surface area contributed by atoms with E-state index in [4.69, 9.17) is 11.6 Å². The van der Waals surface area contributed by atoms with Gasteiger partial charge in [-0.05, 0) is 29.8 Å². The fourth-order valence-electron chi connectivity index (χ4n) is 1.83. The fourth-order valence-corrected chi connectivity index (χ4v) is 2.06. The van der Waals surface area contributed by atoms with Crippen LogP contribution in [0.4, 0.5) is 5.69 Å². The van der Waals surface area contributed by atoms with Gasteiger partial charge in [0.1, 0.15) is 0 Å². The van der Waals surface area contributed by atoms with Gasteiger partial charge in [-0.15, -0.1) is 0 Å². The van der Waals surface area contributed by atoms with E-state index in [0.717, 1.165) is 11.3 Å². The molecule has 20 heavy (non-hydrogen) atoms. The van der Waals surface area contributed by atoms with Gasteiger partial charge in [0.15, 0.2) is 0 Å². The molecule has 2 rings (SSSR count). The third-order valence-corrected chi connectivity index (χ3v) is 3.35. The molecule has 0 atom stereocenters. The number of rotatable bonds is 4. The van der Waals surface area contributed by atoms with Gasteiger partial charge < -0.3 is 10.2 Å². The lowest BCUT2D eigenvalue weighted by Gasteiger charge is -2.13. The van der Waals surface area contributed by atoms with Crippen LogP contribution in [0.3, 0.4) is 0 Å². The number of halogens is 1. The standard InChI is InChI=1S/C16H17ClN2O/c1-19(2)13-9-7-12(8-10-13)11-18-16(20)14-5-3-4-6-15(14)17/h3-10H,11H2,1-2H3,(H,18,20). The molecule has 0 aliphatic heterocycles. The lowest BCUT2D eigenvalue weighted by Crippen LogP contribution is -2.23. The normalized spacial score (nSPS) is 10.2. The van der Waals surface area contributed by atoms with E-state index in [2.05, 4.69) is 5.32 Å². The summed E-state index contributed by atoms with van der Waals surface area (Å²) in [5.41, 5.74) is 2.68. The molecule has 0 heterocycles. The molecule has 104 valence electrons. The molecule has 1 amide bonds. The Hall–Kier alpha value is -2.00. The minimum atomic E-state index is -0.160. The molecule has 0 saturated heterocycles. The summed E-state index contributed by atoms with van der Waals surface area (Å²) in [7, 11) is 3.99. The molecule has 2 aromatic rings. The van der Waals surface area contributed by atoms with Crippen LogP contribution in [0.5, 0.6) is 0 Å². The van der Waals surface area contributed by atoms with Gasteiger partial charge in [-0.3, -0.25) is 4.79 Å². The van der Waals surface area contributed by atoms with Gasteiger partial charge >= 0.3 is 0 Å². The van der Waals surface area contributed by atoms with Gasteiger partial charge in [0, 0.05) is 26.3 Å². The van der Waals surface area contributed by atoms with Crippen LogP contribution in [-0.4, -0.2) is 20.0 Å². The zero-order valence-electron chi connectivity index (χ0n) is 11.6. The topological polar surface area (TPSA) is 32.3 Å². The first kappa shape index (κ1) is 14.4. The smallest absolute Gasteiger partial charge is 0.253 e. The quantitative estimate of drug-likeness (QED) is 0.936. The van der Waals surface area contributed by atoms with Crippen LogP contribution in [-0.2, 0) is 6.54 Å². The van der Waals surface area contributed by atoms with Crippen molar-refractivity contribution in [3.05, 3.63) is 64.7 Å². The van der Waals surface area contributed by atoms with E-state index < -0.39 is 0 Å². The second-order valence-electron chi connectivity index (χ2n) is 4.72. The molecule has 0 saturated carbocycles. The van der Waals surface area contributed by atoms with Crippen LogP contribution in [0.15, 0.2) is 48.5 Å². The predicted molar refractivity (Wildman–Crippen MR) is 83.4 cm³/mol. The van der Waals surface area contributed by atoms with Gasteiger partial charge in [0.2, 0.25) is 0 Å². The highest BCUT2D eigenvalue weighted by molar-refractivity contribution is 6.33. The lowest BCUT2D eigenvalue weighted by molar-refractivity contribution is 0.0951. The van der Waals surface area contributed by atoms with Gasteiger partial charge in [-0.2, -0.15) is 0 Å². The van der Waals surface area contributed by atoms with Crippen LogP contribution in [0.2, 0.25) is 5.02 Å². The van der Waals surface area contributed by atoms with Crippen LogP contribution in [0, 0.1) is 0 Å². The van der Waals surface area contributed by atoms with E-state index in [1.54, 1.807) is 24.3 Å². The molecule has 0 aromatic heterocycles. The van der Waals surface area contributed by atoms with E-state index in [9.17, 15) is 4.79 Å². The van der Waals surface area contributed by atoms with E-state index >= 15 is 0 Å². The molecule has 1 N–H and O–H groups in total. The maximum absolute atomic E-state index is 12.0. The number of amides is 1. The number of hydrogen-bond donors (Lipinski definition) is 1. The second kappa shape index (κ2) is 6.44. The zero-order valence-corrected chi connectivity index (χ0v) is 12.3. The number of hydrogen-bond acceptors (Lipinski definition) is 2. The van der Waals surface area contributed by atoms with Crippen molar-refractivity contribution in [2.45, 2.75) is 6.54 Å². The van der Waals surface area contributed by atoms with E-state index in [1.165, 1.54) is 0 Å². The summed E-state index contributed by atoms with van der Waals surface area (Å²) in [6.07, 6.45) is 0. The summed E-state index contributed by atoms with van der Waals surface area (Å²) in [6, 6.07) is 15.1. The Morgan fingerprint density at radius 3 is 2.35 bits per heavy atom. The third kappa shape index (κ3) is 3.52. The van der Waals surface area contributed by atoms with Crippen LogP contribution < -0.4 is 10.2 Å². The summed E-state index contributed by atoms with van der Waals surface area (Å²) < 4.78 is 0. The van der Waals surface area contributed by atoms with Crippen LogP contribution in [0.1, 0.15) is 15.9 Å². The third-order valence-electron chi connectivity index (χ3n) is 3.02. The Morgan fingerprint density at radius 2 is 1.75 bits per heavy atom. The zero-order chi connectivity index (χ0) is 14.5. The first-order valence-electron chi connectivity index (χ1n) is 6.37. The van der Waals surface area contributed by atoms with Crippen molar-refractivity contribution >= 4 is 23.2 Å². The highest BCUT2D eigenvalue weighted by atomic mass is 35.5. The number of nitrogens with one attached hydrogen (secondary N) is 1. The van der Waals surface area contributed by atoms with E-state index in [1.807, 2.05) is 43.3 Å². The Kier molecular flexibility index (Phi) is 4.64. The van der Waals surface area contributed by atoms with E-state index in [0.29, 0.717) is 17.1 Å².